The summed E-state index contributed by atoms with van der Waals surface area (Å²) in [6, 6.07) is 19.1. The number of ether oxygens (including phenoxy) is 2. The molecule has 3 heterocycles. The van der Waals surface area contributed by atoms with Crippen LogP contribution in [0, 0.1) is 6.92 Å². The third-order valence-electron chi connectivity index (χ3n) is 5.07. The van der Waals surface area contributed by atoms with E-state index in [0.717, 1.165) is 27.0 Å². The van der Waals surface area contributed by atoms with E-state index in [-0.39, 0.29) is 12.7 Å². The largest absolute Gasteiger partial charge is 0.454 e. The Hall–Kier alpha value is -3.71. The molecule has 0 saturated heterocycles. The van der Waals surface area contributed by atoms with Crippen molar-refractivity contribution in [2.75, 3.05) is 6.79 Å². The summed E-state index contributed by atoms with van der Waals surface area (Å²) < 4.78 is 10.8. The molecule has 1 amide bonds. The number of thiophene rings is 1. The van der Waals surface area contributed by atoms with Crippen LogP contribution in [-0.2, 0) is 0 Å². The van der Waals surface area contributed by atoms with Crippen LogP contribution in [0.25, 0.3) is 21.5 Å². The van der Waals surface area contributed by atoms with Gasteiger partial charge in [-0.3, -0.25) is 4.79 Å². The maximum absolute atomic E-state index is 13.1. The minimum Gasteiger partial charge on any atom is -0.454 e. The Morgan fingerprint density at radius 2 is 1.90 bits per heavy atom. The monoisotopic (exact) mass is 429 g/mol. The first-order chi connectivity index (χ1) is 15.1. The molecule has 0 saturated carbocycles. The van der Waals surface area contributed by atoms with Crippen molar-refractivity contribution in [3.05, 3.63) is 76.7 Å². The minimum absolute atomic E-state index is 0.215. The summed E-state index contributed by atoms with van der Waals surface area (Å²) in [5, 5.41) is 5.10. The molecule has 1 aliphatic heterocycles. The molecule has 7 heteroatoms. The topological polar surface area (TPSA) is 72.8 Å². The van der Waals surface area contributed by atoms with Gasteiger partial charge in [-0.15, -0.1) is 11.3 Å². The Labute approximate surface area is 183 Å². The van der Waals surface area contributed by atoms with Crippen LogP contribution in [-0.4, -0.2) is 23.4 Å². The van der Waals surface area contributed by atoms with Crippen LogP contribution in [0.2, 0.25) is 0 Å². The van der Waals surface area contributed by atoms with E-state index in [1.807, 2.05) is 61.5 Å². The highest BCUT2D eigenvalue weighted by Gasteiger charge is 2.16. The normalized spacial score (nSPS) is 12.9. The maximum Gasteiger partial charge on any atom is 0.272 e. The second-order valence-electron chi connectivity index (χ2n) is 7.19. The number of carbonyl (C=O) groups excluding carboxylic acids is 1. The molecule has 4 aromatic rings. The van der Waals surface area contributed by atoms with Gasteiger partial charge in [0.05, 0.1) is 27.4 Å². The predicted molar refractivity (Wildman–Crippen MR) is 122 cm³/mol. The van der Waals surface area contributed by atoms with Crippen molar-refractivity contribution in [3.8, 4) is 22.1 Å². The zero-order valence-electron chi connectivity index (χ0n) is 17.0. The average molecular weight is 430 g/mol. The number of hydrazone groups is 1. The molecule has 154 valence electrons. The summed E-state index contributed by atoms with van der Waals surface area (Å²) in [4.78, 5) is 20.0. The summed E-state index contributed by atoms with van der Waals surface area (Å²) in [6.07, 6.45) is 0. The number of hydrogen-bond acceptors (Lipinski definition) is 6. The smallest absolute Gasteiger partial charge is 0.272 e. The van der Waals surface area contributed by atoms with Crippen LogP contribution in [0.5, 0.6) is 11.5 Å². The van der Waals surface area contributed by atoms with Crippen molar-refractivity contribution in [3.63, 3.8) is 0 Å². The highest BCUT2D eigenvalue weighted by molar-refractivity contribution is 7.15. The number of pyridine rings is 1. The lowest BCUT2D eigenvalue weighted by Gasteiger charge is -2.09. The number of para-hydroxylation sites is 1. The maximum atomic E-state index is 13.1. The summed E-state index contributed by atoms with van der Waals surface area (Å²) in [5.41, 5.74) is 6.29. The van der Waals surface area contributed by atoms with E-state index >= 15 is 0 Å². The third kappa shape index (κ3) is 3.75. The molecule has 5 rings (SSSR count). The number of nitrogens with zero attached hydrogens (tertiary/aromatic N) is 2. The van der Waals surface area contributed by atoms with Gasteiger partial charge in [0, 0.05) is 15.8 Å². The molecule has 0 aliphatic carbocycles. The van der Waals surface area contributed by atoms with Gasteiger partial charge in [-0.2, -0.15) is 5.10 Å². The highest BCUT2D eigenvalue weighted by atomic mass is 32.1. The van der Waals surface area contributed by atoms with Gasteiger partial charge in [-0.25, -0.2) is 10.4 Å². The summed E-state index contributed by atoms with van der Waals surface area (Å²) in [5.74, 6) is 1.10. The number of fused-ring (bicyclic) bond motifs is 2. The third-order valence-corrected chi connectivity index (χ3v) is 6.09. The van der Waals surface area contributed by atoms with Crippen LogP contribution in [0.4, 0.5) is 0 Å². The van der Waals surface area contributed by atoms with Crippen LogP contribution in [0.3, 0.4) is 0 Å². The number of aryl methyl sites for hydroxylation is 1. The number of carbonyl (C=O) groups is 1. The molecule has 0 bridgehead atoms. The Morgan fingerprint density at radius 3 is 2.74 bits per heavy atom. The number of hydrogen-bond donors (Lipinski definition) is 1. The first-order valence-electron chi connectivity index (χ1n) is 9.80. The highest BCUT2D eigenvalue weighted by Crippen LogP contribution is 2.33. The van der Waals surface area contributed by atoms with Gasteiger partial charge in [-0.05, 0) is 56.3 Å². The zero-order valence-corrected chi connectivity index (χ0v) is 17.8. The van der Waals surface area contributed by atoms with E-state index in [9.17, 15) is 4.79 Å². The molecule has 0 spiro atoms. The Morgan fingerprint density at radius 1 is 1.06 bits per heavy atom. The van der Waals surface area contributed by atoms with E-state index in [0.29, 0.717) is 22.8 Å². The molecule has 2 aromatic heterocycles. The molecule has 0 radical (unpaired) electrons. The van der Waals surface area contributed by atoms with Gasteiger partial charge in [-0.1, -0.05) is 18.2 Å². The lowest BCUT2D eigenvalue weighted by Crippen LogP contribution is -2.20. The quantitative estimate of drug-likeness (QED) is 0.359. The van der Waals surface area contributed by atoms with Crippen LogP contribution >= 0.6 is 11.3 Å². The fourth-order valence-electron chi connectivity index (χ4n) is 3.44. The van der Waals surface area contributed by atoms with E-state index in [2.05, 4.69) is 23.5 Å². The van der Waals surface area contributed by atoms with E-state index in [1.165, 1.54) is 4.88 Å². The summed E-state index contributed by atoms with van der Waals surface area (Å²) in [6.45, 7) is 4.10. The van der Waals surface area contributed by atoms with Crippen LogP contribution in [0.15, 0.2) is 65.8 Å². The van der Waals surface area contributed by atoms with Crippen molar-refractivity contribution in [1.29, 1.82) is 0 Å². The second-order valence-corrected chi connectivity index (χ2v) is 8.48. The van der Waals surface area contributed by atoms with Gasteiger partial charge in [0.15, 0.2) is 11.5 Å². The van der Waals surface area contributed by atoms with Crippen LogP contribution in [0.1, 0.15) is 27.7 Å². The Balaban J connectivity index is 1.47. The Kier molecular flexibility index (Phi) is 4.88. The number of rotatable bonds is 4. The van der Waals surface area contributed by atoms with Gasteiger partial charge in [0.2, 0.25) is 6.79 Å². The van der Waals surface area contributed by atoms with E-state index < -0.39 is 0 Å². The standard InChI is InChI=1S/C24H19N3O3S/c1-14-7-10-23(31-14)20-12-18(17-5-3-4-6-19(17)25-20)24(28)27-26-15(2)16-8-9-21-22(11-16)30-13-29-21/h3-12H,13H2,1-2H3,(H,27,28)/b26-15-. The van der Waals surface area contributed by atoms with E-state index in [4.69, 9.17) is 14.5 Å². The van der Waals surface area contributed by atoms with Crippen molar-refractivity contribution >= 4 is 33.9 Å². The molecule has 1 N–H and O–H groups in total. The SMILES string of the molecule is C/C(=N/NC(=O)c1cc(-c2ccc(C)s2)nc2ccccc12)c1ccc2c(c1)OCO2. The molecule has 2 aromatic carbocycles. The van der Waals surface area contributed by atoms with Crippen molar-refractivity contribution in [1.82, 2.24) is 10.4 Å². The lowest BCUT2D eigenvalue weighted by molar-refractivity contribution is 0.0956. The van der Waals surface area contributed by atoms with Crippen molar-refractivity contribution in [2.24, 2.45) is 5.10 Å². The number of nitrogens with one attached hydrogen (secondary N) is 1. The number of aromatic nitrogens is 1. The first kappa shape index (κ1) is 19.3. The molecular weight excluding hydrogens is 410 g/mol. The molecular formula is C24H19N3O3S. The fraction of sp³-hybridized carbons (Fsp3) is 0.125. The zero-order chi connectivity index (χ0) is 21.4. The molecule has 6 nitrogen and oxygen atoms in total. The fourth-order valence-corrected chi connectivity index (χ4v) is 4.27. The number of amides is 1. The summed E-state index contributed by atoms with van der Waals surface area (Å²) >= 11 is 1.65. The molecule has 1 aliphatic rings. The lowest BCUT2D eigenvalue weighted by atomic mass is 10.1. The molecule has 0 unspecified atom stereocenters. The van der Waals surface area contributed by atoms with Crippen LogP contribution < -0.4 is 14.9 Å². The second kappa shape index (κ2) is 7.85. The van der Waals surface area contributed by atoms with Gasteiger partial charge >= 0.3 is 0 Å². The average Bonchev–Trinajstić information content (AvgIpc) is 3.44. The van der Waals surface area contributed by atoms with Gasteiger partial charge < -0.3 is 9.47 Å². The number of benzene rings is 2. The molecule has 31 heavy (non-hydrogen) atoms. The van der Waals surface area contributed by atoms with Crippen molar-refractivity contribution in [2.45, 2.75) is 13.8 Å². The molecule has 0 fully saturated rings. The summed E-state index contributed by atoms with van der Waals surface area (Å²) in [7, 11) is 0. The first-order valence-corrected chi connectivity index (χ1v) is 10.6. The van der Waals surface area contributed by atoms with E-state index in [1.54, 1.807) is 11.3 Å². The van der Waals surface area contributed by atoms with Gasteiger partial charge in [0.1, 0.15) is 0 Å². The predicted octanol–water partition coefficient (Wildman–Crippen LogP) is 5.15. The minimum atomic E-state index is -0.284. The molecule has 0 atom stereocenters. The van der Waals surface area contributed by atoms with Gasteiger partial charge in [0.25, 0.3) is 5.91 Å². The Bertz CT molecular complexity index is 1340. The van der Waals surface area contributed by atoms with Crippen molar-refractivity contribution < 1.29 is 14.3 Å².